The van der Waals surface area contributed by atoms with Crippen LogP contribution in [0.1, 0.15) is 389 Å². The Bertz CT molecular complexity index is 1850. The highest BCUT2D eigenvalue weighted by atomic mass is 31.2. The molecule has 0 spiro atoms. The predicted molar refractivity (Wildman–Crippen MR) is 386 cm³/mol. The van der Waals surface area contributed by atoms with Crippen molar-refractivity contribution < 1.29 is 80.2 Å². The molecule has 3 N–H and O–H groups in total. The van der Waals surface area contributed by atoms with Crippen molar-refractivity contribution >= 4 is 39.5 Å². The van der Waals surface area contributed by atoms with Crippen molar-refractivity contribution in [1.82, 2.24) is 0 Å². The Morgan fingerprint density at radius 1 is 0.284 bits per heavy atom. The summed E-state index contributed by atoms with van der Waals surface area (Å²) < 4.78 is 68.5. The highest BCUT2D eigenvalue weighted by Crippen LogP contribution is 2.45. The van der Waals surface area contributed by atoms with Crippen LogP contribution in [0.15, 0.2) is 0 Å². The number of hydrogen-bond donors (Lipinski definition) is 3. The second-order valence-corrected chi connectivity index (χ2v) is 31.7. The molecule has 0 fully saturated rings. The summed E-state index contributed by atoms with van der Waals surface area (Å²) in [7, 11) is -9.91. The van der Waals surface area contributed by atoms with Crippen LogP contribution in [-0.2, 0) is 65.4 Å². The Kier molecular flexibility index (Phi) is 65.2. The Balaban J connectivity index is 5.22. The van der Waals surface area contributed by atoms with Crippen LogP contribution in [-0.4, -0.2) is 96.7 Å². The lowest BCUT2D eigenvalue weighted by Gasteiger charge is -2.21. The van der Waals surface area contributed by atoms with E-state index in [9.17, 15) is 43.2 Å². The number of aliphatic hydroxyl groups excluding tert-OH is 1. The monoisotopic (exact) mass is 1400 g/mol. The fraction of sp³-hybridized carbons (Fsp3) is 0.947. The van der Waals surface area contributed by atoms with E-state index in [0.717, 1.165) is 108 Å². The number of carbonyl (C=O) groups excluding carboxylic acids is 4. The molecule has 0 radical (unpaired) electrons. The van der Waals surface area contributed by atoms with Crippen LogP contribution >= 0.6 is 15.6 Å². The molecule has 0 aromatic carbocycles. The molecule has 19 heteroatoms. The molecule has 0 saturated heterocycles. The van der Waals surface area contributed by atoms with Crippen molar-refractivity contribution in [1.29, 1.82) is 0 Å². The van der Waals surface area contributed by atoms with E-state index in [1.807, 2.05) is 0 Å². The third kappa shape index (κ3) is 70.3. The average molecular weight is 1400 g/mol. The molecular formula is C76H148O17P2. The zero-order valence-electron chi connectivity index (χ0n) is 62.1. The molecule has 0 aromatic heterocycles. The number of phosphoric acid groups is 2. The zero-order valence-corrected chi connectivity index (χ0v) is 63.9. The molecule has 0 rings (SSSR count). The fourth-order valence-electron chi connectivity index (χ4n) is 11.6. The summed E-state index contributed by atoms with van der Waals surface area (Å²) in [5.41, 5.74) is 0. The maximum atomic E-state index is 13.1. The second-order valence-electron chi connectivity index (χ2n) is 28.8. The largest absolute Gasteiger partial charge is 0.472 e. The van der Waals surface area contributed by atoms with Crippen LogP contribution in [0.25, 0.3) is 0 Å². The number of aliphatic hydroxyl groups is 1. The molecule has 0 aromatic rings. The van der Waals surface area contributed by atoms with Gasteiger partial charge in [0.2, 0.25) is 0 Å². The highest BCUT2D eigenvalue weighted by molar-refractivity contribution is 7.47. The minimum Gasteiger partial charge on any atom is -0.462 e. The molecular weight excluding hydrogens is 1250 g/mol. The van der Waals surface area contributed by atoms with Crippen LogP contribution in [0.3, 0.4) is 0 Å². The van der Waals surface area contributed by atoms with E-state index in [2.05, 4.69) is 48.5 Å². The topological polar surface area (TPSA) is 237 Å². The fourth-order valence-corrected chi connectivity index (χ4v) is 13.2. The highest BCUT2D eigenvalue weighted by Gasteiger charge is 2.30. The van der Waals surface area contributed by atoms with Crippen molar-refractivity contribution in [2.75, 3.05) is 39.6 Å². The van der Waals surface area contributed by atoms with Gasteiger partial charge >= 0.3 is 39.5 Å². The molecule has 0 aliphatic carbocycles. The van der Waals surface area contributed by atoms with E-state index >= 15 is 0 Å². The first-order valence-corrected chi connectivity index (χ1v) is 42.3. The molecule has 0 amide bonds. The molecule has 0 bridgehead atoms. The summed E-state index contributed by atoms with van der Waals surface area (Å²) in [4.78, 5) is 72.7. The SMILES string of the molecule is CCCCCCCCCCCCCCCCCCC(=O)OC[C@H](COP(=O)(O)OC[C@@H](O)COP(=O)(O)OC[C@@H](COC(=O)CCCCCCCCC(C)C)OC(=O)CCCCCCCCCCC(C)C)OC(=O)CCCCCCCCCCCCCCCCCCC(C)C. The number of unbranched alkanes of at least 4 members (excludes halogenated alkanes) is 42. The average Bonchev–Trinajstić information content (AvgIpc) is 1.91. The Morgan fingerprint density at radius 3 is 0.716 bits per heavy atom. The van der Waals surface area contributed by atoms with Gasteiger partial charge in [-0.05, 0) is 43.4 Å². The standard InChI is InChI=1S/C76H148O17P2/c1-8-9-10-11-12-13-14-15-16-20-23-26-29-35-43-50-57-73(78)86-63-71(92-75(80)59-52-45-36-30-27-24-21-18-17-19-22-25-28-33-40-47-54-67(2)3)65-90-94(82,83)88-61-70(77)62-89-95(84,85)91-66-72(64-87-74(79)58-51-44-39-38-42-49-56-69(6)7)93-76(81)60-53-46-37-32-31-34-41-48-55-68(4)5/h67-72,77H,8-66H2,1-7H3,(H,82,83)(H,84,85)/t70-,71-,72-/m1/s1. The first-order chi connectivity index (χ1) is 45.7. The van der Waals surface area contributed by atoms with Gasteiger partial charge in [-0.25, -0.2) is 9.13 Å². The summed E-state index contributed by atoms with van der Waals surface area (Å²) in [5, 5.41) is 10.6. The van der Waals surface area contributed by atoms with Gasteiger partial charge in [-0.1, -0.05) is 337 Å². The molecule has 0 saturated carbocycles. The first kappa shape index (κ1) is 93.1. The van der Waals surface area contributed by atoms with Crippen LogP contribution in [0.4, 0.5) is 0 Å². The Hall–Kier alpha value is -1.94. The van der Waals surface area contributed by atoms with Gasteiger partial charge in [0, 0.05) is 25.7 Å². The Morgan fingerprint density at radius 2 is 0.484 bits per heavy atom. The number of hydrogen-bond acceptors (Lipinski definition) is 15. The molecule has 564 valence electrons. The lowest BCUT2D eigenvalue weighted by atomic mass is 10.0. The molecule has 0 heterocycles. The van der Waals surface area contributed by atoms with Crippen LogP contribution < -0.4 is 0 Å². The van der Waals surface area contributed by atoms with Gasteiger partial charge in [0.15, 0.2) is 12.2 Å². The summed E-state index contributed by atoms with van der Waals surface area (Å²) in [6.45, 7) is 11.8. The molecule has 95 heavy (non-hydrogen) atoms. The minimum atomic E-state index is -4.96. The van der Waals surface area contributed by atoms with Crippen molar-refractivity contribution in [3.63, 3.8) is 0 Å². The normalized spacial score (nSPS) is 14.1. The van der Waals surface area contributed by atoms with E-state index < -0.39 is 97.5 Å². The van der Waals surface area contributed by atoms with Gasteiger partial charge in [0.25, 0.3) is 0 Å². The first-order valence-electron chi connectivity index (χ1n) is 39.3. The van der Waals surface area contributed by atoms with Crippen molar-refractivity contribution in [2.45, 2.75) is 407 Å². The maximum Gasteiger partial charge on any atom is 0.472 e. The third-order valence-electron chi connectivity index (χ3n) is 17.6. The number of carbonyl (C=O) groups is 4. The number of ether oxygens (including phenoxy) is 4. The summed E-state index contributed by atoms with van der Waals surface area (Å²) in [6.07, 6.45) is 53.0. The molecule has 2 unspecified atom stereocenters. The molecule has 0 aliphatic heterocycles. The third-order valence-corrected chi connectivity index (χ3v) is 19.5. The minimum absolute atomic E-state index is 0.103. The van der Waals surface area contributed by atoms with E-state index in [1.165, 1.54) is 193 Å². The lowest BCUT2D eigenvalue weighted by molar-refractivity contribution is -0.161. The zero-order chi connectivity index (χ0) is 70.1. The van der Waals surface area contributed by atoms with Crippen molar-refractivity contribution in [3.8, 4) is 0 Å². The van der Waals surface area contributed by atoms with Gasteiger partial charge in [0.05, 0.1) is 26.4 Å². The van der Waals surface area contributed by atoms with Gasteiger partial charge < -0.3 is 33.8 Å². The quantitative estimate of drug-likeness (QED) is 0.0222. The number of rotatable bonds is 74. The van der Waals surface area contributed by atoms with Gasteiger partial charge in [-0.15, -0.1) is 0 Å². The summed E-state index contributed by atoms with van der Waals surface area (Å²) in [5.74, 6) is 0.0856. The summed E-state index contributed by atoms with van der Waals surface area (Å²) >= 11 is 0. The molecule has 17 nitrogen and oxygen atoms in total. The van der Waals surface area contributed by atoms with Crippen LogP contribution in [0.2, 0.25) is 0 Å². The molecule has 5 atom stereocenters. The van der Waals surface area contributed by atoms with E-state index in [4.69, 9.17) is 37.0 Å². The van der Waals surface area contributed by atoms with Crippen molar-refractivity contribution in [3.05, 3.63) is 0 Å². The number of esters is 4. The van der Waals surface area contributed by atoms with Crippen LogP contribution in [0.5, 0.6) is 0 Å². The van der Waals surface area contributed by atoms with Crippen molar-refractivity contribution in [2.24, 2.45) is 17.8 Å². The second kappa shape index (κ2) is 66.6. The van der Waals surface area contributed by atoms with E-state index in [1.54, 1.807) is 0 Å². The van der Waals surface area contributed by atoms with E-state index in [-0.39, 0.29) is 25.7 Å². The smallest absolute Gasteiger partial charge is 0.462 e. The van der Waals surface area contributed by atoms with E-state index in [0.29, 0.717) is 31.6 Å². The lowest BCUT2D eigenvalue weighted by Crippen LogP contribution is -2.30. The maximum absolute atomic E-state index is 13.1. The van der Waals surface area contributed by atoms with Gasteiger partial charge in [0.1, 0.15) is 19.3 Å². The van der Waals surface area contributed by atoms with Gasteiger partial charge in [-0.3, -0.25) is 37.3 Å². The molecule has 0 aliphatic rings. The van der Waals surface area contributed by atoms with Crippen LogP contribution in [0, 0.1) is 17.8 Å². The van der Waals surface area contributed by atoms with Gasteiger partial charge in [-0.2, -0.15) is 0 Å². The predicted octanol–water partition coefficient (Wildman–Crippen LogP) is 22.2. The summed E-state index contributed by atoms with van der Waals surface area (Å²) in [6, 6.07) is 0. The number of phosphoric ester groups is 2. The Labute approximate surface area is 581 Å².